The summed E-state index contributed by atoms with van der Waals surface area (Å²) in [6.45, 7) is 1.44. The Balaban J connectivity index is 0.00000225. The fourth-order valence-electron chi connectivity index (χ4n) is 2.64. The fourth-order valence-corrected chi connectivity index (χ4v) is 2.83. The highest BCUT2D eigenvalue weighted by molar-refractivity contribution is 6.30. The van der Waals surface area contributed by atoms with Gasteiger partial charge in [-0.25, -0.2) is 0 Å². The molecular weight excluding hydrogens is 367 g/mol. The van der Waals surface area contributed by atoms with Crippen LogP contribution in [0.15, 0.2) is 28.8 Å². The van der Waals surface area contributed by atoms with Crippen molar-refractivity contribution in [2.24, 2.45) is 11.7 Å². The van der Waals surface area contributed by atoms with E-state index in [-0.39, 0.29) is 30.8 Å². The van der Waals surface area contributed by atoms with Gasteiger partial charge in [0.2, 0.25) is 17.6 Å². The molecule has 0 bridgehead atoms. The maximum atomic E-state index is 12.2. The number of halogens is 2. The Bertz CT molecular complexity index is 704. The Morgan fingerprint density at radius 1 is 1.40 bits per heavy atom. The van der Waals surface area contributed by atoms with Gasteiger partial charge in [-0.3, -0.25) is 4.79 Å². The minimum Gasteiger partial charge on any atom is -0.381 e. The predicted octanol–water partition coefficient (Wildman–Crippen LogP) is 2.18. The molecule has 1 fully saturated rings. The summed E-state index contributed by atoms with van der Waals surface area (Å²) in [6.07, 6.45) is 1.60. The van der Waals surface area contributed by atoms with Gasteiger partial charge in [-0.1, -0.05) is 28.9 Å². The predicted molar refractivity (Wildman–Crippen MR) is 95.4 cm³/mol. The van der Waals surface area contributed by atoms with Crippen molar-refractivity contribution in [1.29, 1.82) is 0 Å². The molecule has 3 rings (SSSR count). The van der Waals surface area contributed by atoms with E-state index in [9.17, 15) is 4.79 Å². The summed E-state index contributed by atoms with van der Waals surface area (Å²) in [5, 5.41) is 7.23. The molecule has 0 spiro atoms. The quantitative estimate of drug-likeness (QED) is 0.815. The monoisotopic (exact) mass is 386 g/mol. The van der Waals surface area contributed by atoms with Gasteiger partial charge in [0.05, 0.1) is 12.6 Å². The second-order valence-electron chi connectivity index (χ2n) is 5.72. The maximum Gasteiger partial charge on any atom is 0.246 e. The molecule has 1 amide bonds. The van der Waals surface area contributed by atoms with Crippen molar-refractivity contribution in [2.45, 2.75) is 25.4 Å². The number of hydrogen-bond donors (Lipinski definition) is 2. The van der Waals surface area contributed by atoms with E-state index < -0.39 is 6.04 Å². The van der Waals surface area contributed by atoms with E-state index in [0.29, 0.717) is 30.0 Å². The van der Waals surface area contributed by atoms with Crippen LogP contribution in [0.25, 0.3) is 11.4 Å². The molecule has 9 heteroatoms. The van der Waals surface area contributed by atoms with E-state index in [1.807, 2.05) is 12.1 Å². The van der Waals surface area contributed by atoms with Crippen molar-refractivity contribution in [3.05, 3.63) is 35.2 Å². The van der Waals surface area contributed by atoms with E-state index in [0.717, 1.165) is 18.4 Å². The van der Waals surface area contributed by atoms with Crippen LogP contribution >= 0.6 is 24.0 Å². The molecule has 1 saturated heterocycles. The van der Waals surface area contributed by atoms with E-state index >= 15 is 0 Å². The van der Waals surface area contributed by atoms with Crippen LogP contribution in [0.4, 0.5) is 0 Å². The number of carbonyl (C=O) groups is 1. The van der Waals surface area contributed by atoms with E-state index in [1.165, 1.54) is 0 Å². The lowest BCUT2D eigenvalue weighted by Gasteiger charge is -2.26. The van der Waals surface area contributed by atoms with Crippen LogP contribution in [0.5, 0.6) is 0 Å². The maximum absolute atomic E-state index is 12.2. The molecule has 1 aromatic carbocycles. The van der Waals surface area contributed by atoms with E-state index in [1.54, 1.807) is 12.1 Å². The highest BCUT2D eigenvalue weighted by atomic mass is 35.5. The van der Waals surface area contributed by atoms with Crippen LogP contribution in [0.3, 0.4) is 0 Å². The molecule has 1 aliphatic rings. The molecule has 3 N–H and O–H groups in total. The number of carbonyl (C=O) groups excluding carboxylic acids is 1. The van der Waals surface area contributed by atoms with Crippen molar-refractivity contribution in [1.82, 2.24) is 15.5 Å². The van der Waals surface area contributed by atoms with Crippen molar-refractivity contribution >= 4 is 29.9 Å². The Hall–Kier alpha value is -1.67. The van der Waals surface area contributed by atoms with Crippen molar-refractivity contribution < 1.29 is 14.1 Å². The Kier molecular flexibility index (Phi) is 7.19. The number of rotatable bonds is 5. The standard InChI is InChI=1S/C16H19ClN4O3.ClH/c17-12-3-1-2-11(8-12)15-20-13(24-21-15)9-19-16(22)14(18)10-4-6-23-7-5-10;/h1-3,8,10,14H,4-7,9,18H2,(H,19,22);1H. The third-order valence-corrected chi connectivity index (χ3v) is 4.28. The summed E-state index contributed by atoms with van der Waals surface area (Å²) >= 11 is 5.95. The molecule has 1 unspecified atom stereocenters. The summed E-state index contributed by atoms with van der Waals surface area (Å²) in [7, 11) is 0. The average Bonchev–Trinajstić information content (AvgIpc) is 3.09. The molecule has 1 atom stereocenters. The molecule has 1 aromatic heterocycles. The third kappa shape index (κ3) is 5.15. The van der Waals surface area contributed by atoms with Gasteiger partial charge >= 0.3 is 0 Å². The van der Waals surface area contributed by atoms with Gasteiger partial charge in [-0.2, -0.15) is 4.98 Å². The normalized spacial score (nSPS) is 16.1. The number of amides is 1. The molecule has 2 heterocycles. The Labute approximate surface area is 156 Å². The van der Waals surface area contributed by atoms with Crippen molar-refractivity contribution in [3.63, 3.8) is 0 Å². The molecule has 25 heavy (non-hydrogen) atoms. The van der Waals surface area contributed by atoms with Gasteiger partial charge in [-0.15, -0.1) is 12.4 Å². The number of ether oxygens (including phenoxy) is 1. The summed E-state index contributed by atoms with van der Waals surface area (Å²) in [5.74, 6) is 0.667. The second kappa shape index (κ2) is 9.15. The molecule has 0 radical (unpaired) electrons. The SMILES string of the molecule is Cl.NC(C(=O)NCc1nc(-c2cccc(Cl)c2)no1)C1CCOCC1. The molecule has 0 saturated carbocycles. The first-order chi connectivity index (χ1) is 11.6. The fraction of sp³-hybridized carbons (Fsp3) is 0.438. The number of nitrogens with zero attached hydrogens (tertiary/aromatic N) is 2. The first-order valence-corrected chi connectivity index (χ1v) is 8.21. The summed E-state index contributed by atoms with van der Waals surface area (Å²) in [6, 6.07) is 6.60. The molecule has 136 valence electrons. The van der Waals surface area contributed by atoms with E-state index in [2.05, 4.69) is 15.5 Å². The number of hydrogen-bond acceptors (Lipinski definition) is 6. The van der Waals surface area contributed by atoms with Gasteiger partial charge < -0.3 is 20.3 Å². The van der Waals surface area contributed by atoms with Gasteiger partial charge in [0, 0.05) is 23.8 Å². The Morgan fingerprint density at radius 2 is 2.16 bits per heavy atom. The minimum absolute atomic E-state index is 0. The van der Waals surface area contributed by atoms with Crippen molar-refractivity contribution in [3.8, 4) is 11.4 Å². The van der Waals surface area contributed by atoms with Crippen LogP contribution in [-0.4, -0.2) is 35.3 Å². The van der Waals surface area contributed by atoms with Crippen LogP contribution in [0, 0.1) is 5.92 Å². The average molecular weight is 387 g/mol. The number of benzene rings is 1. The molecular formula is C16H20Cl2N4O3. The van der Waals surface area contributed by atoms with Gasteiger partial charge in [0.1, 0.15) is 0 Å². The van der Waals surface area contributed by atoms with Crippen LogP contribution < -0.4 is 11.1 Å². The van der Waals surface area contributed by atoms with Gasteiger partial charge in [0.25, 0.3) is 0 Å². The van der Waals surface area contributed by atoms with Gasteiger partial charge in [-0.05, 0) is 30.9 Å². The number of nitrogens with one attached hydrogen (secondary N) is 1. The van der Waals surface area contributed by atoms with Gasteiger partial charge in [0.15, 0.2) is 0 Å². The van der Waals surface area contributed by atoms with Crippen molar-refractivity contribution in [2.75, 3.05) is 13.2 Å². The first kappa shape index (κ1) is 19.7. The largest absolute Gasteiger partial charge is 0.381 e. The van der Waals surface area contributed by atoms with Crippen LogP contribution in [-0.2, 0) is 16.1 Å². The zero-order valence-electron chi connectivity index (χ0n) is 13.5. The second-order valence-corrected chi connectivity index (χ2v) is 6.15. The lowest BCUT2D eigenvalue weighted by molar-refractivity contribution is -0.124. The zero-order valence-corrected chi connectivity index (χ0v) is 15.1. The number of nitrogens with two attached hydrogens (primary N) is 1. The highest BCUT2D eigenvalue weighted by Gasteiger charge is 2.26. The summed E-state index contributed by atoms with van der Waals surface area (Å²) < 4.78 is 10.4. The number of aromatic nitrogens is 2. The molecule has 7 nitrogen and oxygen atoms in total. The first-order valence-electron chi connectivity index (χ1n) is 7.83. The van der Waals surface area contributed by atoms with Crippen LogP contribution in [0.2, 0.25) is 5.02 Å². The zero-order chi connectivity index (χ0) is 16.9. The Morgan fingerprint density at radius 3 is 2.88 bits per heavy atom. The third-order valence-electron chi connectivity index (χ3n) is 4.04. The molecule has 2 aromatic rings. The molecule has 1 aliphatic heterocycles. The van der Waals surface area contributed by atoms with Crippen LogP contribution in [0.1, 0.15) is 18.7 Å². The lowest BCUT2D eigenvalue weighted by Crippen LogP contribution is -2.46. The topological polar surface area (TPSA) is 103 Å². The summed E-state index contributed by atoms with van der Waals surface area (Å²) in [5.41, 5.74) is 6.77. The minimum atomic E-state index is -0.552. The lowest BCUT2D eigenvalue weighted by atomic mass is 9.92. The smallest absolute Gasteiger partial charge is 0.246 e. The molecule has 0 aliphatic carbocycles. The van der Waals surface area contributed by atoms with E-state index in [4.69, 9.17) is 26.6 Å². The highest BCUT2D eigenvalue weighted by Crippen LogP contribution is 2.20. The summed E-state index contributed by atoms with van der Waals surface area (Å²) in [4.78, 5) is 16.4.